The molecule has 0 spiro atoms. The number of pyridine rings is 1. The minimum absolute atomic E-state index is 0.0869. The number of ether oxygens (including phenoxy) is 1. The normalized spacial score (nSPS) is 21.7. The van der Waals surface area contributed by atoms with Gasteiger partial charge in [-0.1, -0.05) is 0 Å². The van der Waals surface area contributed by atoms with Crippen molar-refractivity contribution in [3.05, 3.63) is 46.5 Å². The van der Waals surface area contributed by atoms with E-state index in [1.807, 2.05) is 11.8 Å². The average Bonchev–Trinajstić information content (AvgIpc) is 2.74. The number of ketones is 1. The molecule has 31 heavy (non-hydrogen) atoms. The zero-order valence-electron chi connectivity index (χ0n) is 16.9. The number of fused-ring (bicyclic) bond motifs is 1. The van der Waals surface area contributed by atoms with E-state index in [9.17, 15) is 22.8 Å². The standard InChI is InChI=1S/C20H22F3N5O3/c1-13-12-31-8-7-26(13)17-9-18(30)27-6-4-16(20(21,22)23)28(19(27)25-17)11-15(29)14-3-2-5-24-10-14/h2-3,5,9-10,13,16H,4,6-8,11-12H2,1H3. The number of aromatic nitrogens is 3. The third-order valence-corrected chi connectivity index (χ3v) is 5.57. The van der Waals surface area contributed by atoms with Gasteiger partial charge in [-0.25, -0.2) is 0 Å². The Labute approximate surface area is 176 Å². The highest BCUT2D eigenvalue weighted by molar-refractivity contribution is 5.98. The van der Waals surface area contributed by atoms with Gasteiger partial charge in [-0.05, 0) is 25.5 Å². The molecule has 0 aliphatic carbocycles. The molecular weight excluding hydrogens is 415 g/mol. The molecule has 11 heteroatoms. The van der Waals surface area contributed by atoms with Crippen LogP contribution in [0.4, 0.5) is 24.9 Å². The Balaban J connectivity index is 1.76. The maximum absolute atomic E-state index is 13.8. The Kier molecular flexibility index (Phi) is 5.69. The van der Waals surface area contributed by atoms with Crippen molar-refractivity contribution in [3.8, 4) is 0 Å². The van der Waals surface area contributed by atoms with Crippen LogP contribution in [-0.4, -0.2) is 64.9 Å². The lowest BCUT2D eigenvalue weighted by Crippen LogP contribution is -2.54. The molecule has 8 nitrogen and oxygen atoms in total. The first kappa shape index (κ1) is 21.3. The molecule has 0 radical (unpaired) electrons. The summed E-state index contributed by atoms with van der Waals surface area (Å²) in [5, 5.41) is 0. The molecular formula is C20H22F3N5O3. The molecule has 0 amide bonds. The van der Waals surface area contributed by atoms with E-state index in [2.05, 4.69) is 9.97 Å². The van der Waals surface area contributed by atoms with Crippen molar-refractivity contribution in [1.82, 2.24) is 14.5 Å². The van der Waals surface area contributed by atoms with Gasteiger partial charge in [0.05, 0.1) is 25.8 Å². The van der Waals surface area contributed by atoms with Crippen molar-refractivity contribution in [2.45, 2.75) is 38.1 Å². The lowest BCUT2D eigenvalue weighted by atomic mass is 10.1. The Morgan fingerprint density at radius 2 is 2.13 bits per heavy atom. The zero-order valence-corrected chi connectivity index (χ0v) is 16.9. The molecule has 2 aliphatic rings. The van der Waals surface area contributed by atoms with E-state index in [0.717, 1.165) is 4.90 Å². The van der Waals surface area contributed by atoms with Crippen LogP contribution in [0.25, 0.3) is 0 Å². The summed E-state index contributed by atoms with van der Waals surface area (Å²) >= 11 is 0. The van der Waals surface area contributed by atoms with Crippen molar-refractivity contribution in [2.24, 2.45) is 0 Å². The fourth-order valence-corrected chi connectivity index (χ4v) is 3.97. The SMILES string of the molecule is CC1COCCN1c1cc(=O)n2c(n1)N(CC(=O)c1cccnc1)C(C(F)(F)F)CC2. The Morgan fingerprint density at radius 1 is 1.32 bits per heavy atom. The van der Waals surface area contributed by atoms with Crippen LogP contribution in [0.5, 0.6) is 0 Å². The van der Waals surface area contributed by atoms with Crippen molar-refractivity contribution in [3.63, 3.8) is 0 Å². The Bertz CT molecular complexity index is 1010. The van der Waals surface area contributed by atoms with Gasteiger partial charge in [-0.15, -0.1) is 0 Å². The van der Waals surface area contributed by atoms with Gasteiger partial charge in [-0.3, -0.25) is 19.1 Å². The zero-order chi connectivity index (χ0) is 22.2. The van der Waals surface area contributed by atoms with E-state index < -0.39 is 30.1 Å². The molecule has 2 aliphatic heterocycles. The van der Waals surface area contributed by atoms with Crippen LogP contribution >= 0.6 is 0 Å². The van der Waals surface area contributed by atoms with Crippen LogP contribution < -0.4 is 15.4 Å². The summed E-state index contributed by atoms with van der Waals surface area (Å²) in [6.45, 7) is 2.52. The average molecular weight is 437 g/mol. The monoisotopic (exact) mass is 437 g/mol. The summed E-state index contributed by atoms with van der Waals surface area (Å²) in [4.78, 5) is 36.5. The minimum Gasteiger partial charge on any atom is -0.377 e. The molecule has 2 unspecified atom stereocenters. The molecule has 4 rings (SSSR count). The lowest BCUT2D eigenvalue weighted by Gasteiger charge is -2.40. The summed E-state index contributed by atoms with van der Waals surface area (Å²) in [5.41, 5.74) is -0.251. The van der Waals surface area contributed by atoms with Crippen LogP contribution in [0.3, 0.4) is 0 Å². The van der Waals surface area contributed by atoms with Gasteiger partial charge in [0, 0.05) is 37.1 Å². The maximum Gasteiger partial charge on any atom is 0.408 e. The van der Waals surface area contributed by atoms with E-state index in [-0.39, 0.29) is 36.3 Å². The second-order valence-corrected chi connectivity index (χ2v) is 7.66. The van der Waals surface area contributed by atoms with Gasteiger partial charge < -0.3 is 14.5 Å². The number of hydrogen-bond donors (Lipinski definition) is 0. The minimum atomic E-state index is -4.58. The summed E-state index contributed by atoms with van der Waals surface area (Å²) < 4.78 is 48.1. The molecule has 1 fully saturated rings. The number of carbonyl (C=O) groups excluding carboxylic acids is 1. The lowest BCUT2D eigenvalue weighted by molar-refractivity contribution is -0.152. The summed E-state index contributed by atoms with van der Waals surface area (Å²) in [6, 6.07) is 2.36. The van der Waals surface area contributed by atoms with Gasteiger partial charge in [0.15, 0.2) is 5.78 Å². The summed E-state index contributed by atoms with van der Waals surface area (Å²) in [6.07, 6.45) is -2.14. The molecule has 0 N–H and O–H groups in total. The number of halogens is 3. The highest BCUT2D eigenvalue weighted by Gasteiger charge is 2.47. The van der Waals surface area contributed by atoms with Crippen LogP contribution in [0, 0.1) is 0 Å². The van der Waals surface area contributed by atoms with Gasteiger partial charge in [-0.2, -0.15) is 18.2 Å². The summed E-state index contributed by atoms with van der Waals surface area (Å²) in [5.74, 6) is -0.393. The third kappa shape index (κ3) is 4.27. The van der Waals surface area contributed by atoms with Crippen LogP contribution in [0.1, 0.15) is 23.7 Å². The fourth-order valence-electron chi connectivity index (χ4n) is 3.97. The first-order valence-corrected chi connectivity index (χ1v) is 9.98. The maximum atomic E-state index is 13.8. The quantitative estimate of drug-likeness (QED) is 0.676. The molecule has 0 bridgehead atoms. The number of carbonyl (C=O) groups is 1. The van der Waals surface area contributed by atoms with E-state index in [1.165, 1.54) is 29.1 Å². The number of morpholine rings is 1. The molecule has 0 aromatic carbocycles. The van der Waals surface area contributed by atoms with Crippen LogP contribution in [0.2, 0.25) is 0 Å². The van der Waals surface area contributed by atoms with Crippen LogP contribution in [0.15, 0.2) is 35.4 Å². The summed E-state index contributed by atoms with van der Waals surface area (Å²) in [7, 11) is 0. The smallest absolute Gasteiger partial charge is 0.377 e. The van der Waals surface area contributed by atoms with Crippen LogP contribution in [-0.2, 0) is 11.3 Å². The van der Waals surface area contributed by atoms with E-state index >= 15 is 0 Å². The van der Waals surface area contributed by atoms with E-state index in [0.29, 0.717) is 19.8 Å². The Hall–Kier alpha value is -2.95. The number of nitrogens with zero attached hydrogens (tertiary/aromatic N) is 5. The Morgan fingerprint density at radius 3 is 2.81 bits per heavy atom. The number of alkyl halides is 3. The van der Waals surface area contributed by atoms with Gasteiger partial charge in [0.1, 0.15) is 11.9 Å². The molecule has 2 atom stereocenters. The van der Waals surface area contributed by atoms with Gasteiger partial charge in [0.25, 0.3) is 5.56 Å². The molecule has 0 saturated carbocycles. The number of anilines is 2. The topological polar surface area (TPSA) is 80.6 Å². The van der Waals surface area contributed by atoms with E-state index in [1.54, 1.807) is 6.07 Å². The molecule has 2 aromatic heterocycles. The number of rotatable bonds is 4. The first-order chi connectivity index (χ1) is 14.8. The third-order valence-electron chi connectivity index (χ3n) is 5.57. The number of hydrogen-bond acceptors (Lipinski definition) is 7. The fraction of sp³-hybridized carbons (Fsp3) is 0.500. The second-order valence-electron chi connectivity index (χ2n) is 7.66. The van der Waals surface area contributed by atoms with Crippen molar-refractivity contribution >= 4 is 17.5 Å². The van der Waals surface area contributed by atoms with Crippen molar-refractivity contribution in [1.29, 1.82) is 0 Å². The van der Waals surface area contributed by atoms with Crippen molar-refractivity contribution in [2.75, 3.05) is 36.1 Å². The number of Topliss-reactive ketones (excluding diaryl/α,β-unsaturated/α-hetero) is 1. The molecule has 166 valence electrons. The van der Waals surface area contributed by atoms with Gasteiger partial charge in [0.2, 0.25) is 5.95 Å². The molecule has 1 saturated heterocycles. The predicted molar refractivity (Wildman–Crippen MR) is 106 cm³/mol. The highest BCUT2D eigenvalue weighted by atomic mass is 19.4. The first-order valence-electron chi connectivity index (χ1n) is 9.98. The van der Waals surface area contributed by atoms with Gasteiger partial charge >= 0.3 is 6.18 Å². The largest absolute Gasteiger partial charge is 0.408 e. The molecule has 2 aromatic rings. The van der Waals surface area contributed by atoms with E-state index in [4.69, 9.17) is 4.74 Å². The molecule has 4 heterocycles. The highest BCUT2D eigenvalue weighted by Crippen LogP contribution is 2.34. The van der Waals surface area contributed by atoms with Crippen molar-refractivity contribution < 1.29 is 22.7 Å². The predicted octanol–water partition coefficient (Wildman–Crippen LogP) is 1.89. The second kappa shape index (κ2) is 8.29.